The highest BCUT2D eigenvalue weighted by Crippen LogP contribution is 2.54. The summed E-state index contributed by atoms with van der Waals surface area (Å²) in [7, 11) is 0. The third-order valence-electron chi connectivity index (χ3n) is 6.86. The molecular formula is C22H28N4O2. The summed E-state index contributed by atoms with van der Waals surface area (Å²) in [5, 5.41) is 3.11. The van der Waals surface area contributed by atoms with E-state index in [0.717, 1.165) is 44.7 Å². The summed E-state index contributed by atoms with van der Waals surface area (Å²) in [6.45, 7) is 5.72. The molecule has 6 heteroatoms. The number of ether oxygens (including phenoxy) is 1. The maximum Gasteiger partial charge on any atom is 0.269 e. The molecule has 2 N–H and O–H groups in total. The van der Waals surface area contributed by atoms with Gasteiger partial charge in [-0.2, -0.15) is 0 Å². The maximum atomic E-state index is 12.4. The average molecular weight is 380 g/mol. The fraction of sp³-hybridized carbons (Fsp3) is 0.545. The van der Waals surface area contributed by atoms with Crippen LogP contribution in [0.25, 0.3) is 0 Å². The maximum absolute atomic E-state index is 12.4. The molecule has 2 aromatic rings. The molecule has 0 aliphatic carbocycles. The summed E-state index contributed by atoms with van der Waals surface area (Å²) >= 11 is 0. The molecule has 3 saturated heterocycles. The molecule has 4 atom stereocenters. The van der Waals surface area contributed by atoms with Crippen LogP contribution < -0.4 is 5.32 Å². The fourth-order valence-electron chi connectivity index (χ4n) is 5.50. The number of nitrogens with one attached hydrogen (secondary N) is 2. The number of benzene rings is 1. The molecule has 1 aromatic carbocycles. The normalized spacial score (nSPS) is 31.2. The van der Waals surface area contributed by atoms with Crippen LogP contribution in [0.2, 0.25) is 0 Å². The van der Waals surface area contributed by atoms with Crippen LogP contribution >= 0.6 is 0 Å². The summed E-state index contributed by atoms with van der Waals surface area (Å²) in [5.41, 5.74) is 1.94. The van der Waals surface area contributed by atoms with Gasteiger partial charge in [0.15, 0.2) is 0 Å². The zero-order valence-electron chi connectivity index (χ0n) is 16.4. The molecule has 0 saturated carbocycles. The Kier molecular flexibility index (Phi) is 4.48. The van der Waals surface area contributed by atoms with E-state index >= 15 is 0 Å². The van der Waals surface area contributed by atoms with Crippen LogP contribution in [0, 0.1) is 18.8 Å². The Morgan fingerprint density at radius 1 is 1.39 bits per heavy atom. The molecule has 6 nitrogen and oxygen atoms in total. The summed E-state index contributed by atoms with van der Waals surface area (Å²) in [4.78, 5) is 22.1. The van der Waals surface area contributed by atoms with Crippen molar-refractivity contribution in [2.45, 2.75) is 37.9 Å². The highest BCUT2D eigenvalue weighted by Gasteiger charge is 2.62. The van der Waals surface area contributed by atoms with Gasteiger partial charge in [-0.15, -0.1) is 0 Å². The average Bonchev–Trinajstić information content (AvgIpc) is 3.45. The first kappa shape index (κ1) is 17.9. The summed E-state index contributed by atoms with van der Waals surface area (Å²) in [5.74, 6) is 1.61. The number of H-pyrrole nitrogens is 1. The number of imidazole rings is 1. The molecule has 5 rings (SSSR count). The van der Waals surface area contributed by atoms with Gasteiger partial charge in [0.2, 0.25) is 0 Å². The molecule has 1 aromatic heterocycles. The van der Waals surface area contributed by atoms with E-state index in [2.05, 4.69) is 50.5 Å². The Morgan fingerprint density at radius 2 is 2.25 bits per heavy atom. The van der Waals surface area contributed by atoms with Gasteiger partial charge < -0.3 is 15.0 Å². The molecule has 4 heterocycles. The second-order valence-corrected chi connectivity index (χ2v) is 8.59. The van der Waals surface area contributed by atoms with Gasteiger partial charge in [0, 0.05) is 38.0 Å². The third-order valence-corrected chi connectivity index (χ3v) is 6.86. The first-order chi connectivity index (χ1) is 13.6. The number of rotatable bonds is 6. The fourth-order valence-corrected chi connectivity index (χ4v) is 5.50. The number of carbonyl (C=O) groups is 1. The highest BCUT2D eigenvalue weighted by atomic mass is 16.5. The van der Waals surface area contributed by atoms with Gasteiger partial charge in [0.1, 0.15) is 11.5 Å². The minimum atomic E-state index is -0.0728. The number of hydrogen-bond donors (Lipinski definition) is 2. The lowest BCUT2D eigenvalue weighted by Gasteiger charge is -2.29. The Morgan fingerprint density at radius 3 is 3.04 bits per heavy atom. The van der Waals surface area contributed by atoms with Crippen molar-refractivity contribution < 1.29 is 9.53 Å². The van der Waals surface area contributed by atoms with Crippen LogP contribution in [-0.4, -0.2) is 58.7 Å². The molecule has 148 valence electrons. The van der Waals surface area contributed by atoms with Crippen LogP contribution in [0.4, 0.5) is 0 Å². The van der Waals surface area contributed by atoms with E-state index in [-0.39, 0.29) is 11.5 Å². The van der Waals surface area contributed by atoms with Crippen molar-refractivity contribution in [2.75, 3.05) is 26.2 Å². The molecule has 3 aliphatic heterocycles. The molecule has 1 amide bonds. The van der Waals surface area contributed by atoms with Crippen molar-refractivity contribution in [3.63, 3.8) is 0 Å². The topological polar surface area (TPSA) is 70.2 Å². The first-order valence-electron chi connectivity index (χ1n) is 10.4. The molecular weight excluding hydrogens is 352 g/mol. The van der Waals surface area contributed by atoms with E-state index in [1.807, 2.05) is 6.92 Å². The Labute approximate surface area is 165 Å². The molecule has 3 fully saturated rings. The zero-order valence-corrected chi connectivity index (χ0v) is 16.4. The second kappa shape index (κ2) is 7.01. The number of amides is 1. The lowest BCUT2D eigenvalue weighted by atomic mass is 9.73. The molecule has 0 unspecified atom stereocenters. The van der Waals surface area contributed by atoms with Crippen LogP contribution in [-0.2, 0) is 11.2 Å². The van der Waals surface area contributed by atoms with Crippen molar-refractivity contribution in [2.24, 2.45) is 11.8 Å². The first-order valence-corrected chi connectivity index (χ1v) is 10.4. The van der Waals surface area contributed by atoms with E-state index in [0.29, 0.717) is 30.2 Å². The number of hydrogen-bond acceptors (Lipinski definition) is 4. The van der Waals surface area contributed by atoms with E-state index < -0.39 is 0 Å². The van der Waals surface area contributed by atoms with Crippen molar-refractivity contribution >= 4 is 5.91 Å². The number of aryl methyl sites for hydroxylation is 1. The van der Waals surface area contributed by atoms with Gasteiger partial charge in [0.25, 0.3) is 5.91 Å². The van der Waals surface area contributed by atoms with Crippen molar-refractivity contribution in [3.8, 4) is 0 Å². The lowest BCUT2D eigenvalue weighted by Crippen LogP contribution is -2.42. The van der Waals surface area contributed by atoms with Gasteiger partial charge in [0.05, 0.1) is 17.9 Å². The van der Waals surface area contributed by atoms with E-state index in [4.69, 9.17) is 4.74 Å². The van der Waals surface area contributed by atoms with Crippen LogP contribution in [0.5, 0.6) is 0 Å². The summed E-state index contributed by atoms with van der Waals surface area (Å²) < 4.78 is 6.51. The third kappa shape index (κ3) is 3.14. The van der Waals surface area contributed by atoms with E-state index in [1.165, 1.54) is 5.56 Å². The number of aromatic nitrogens is 2. The Balaban J connectivity index is 1.20. The Hall–Kier alpha value is -2.18. The minimum absolute atomic E-state index is 0.0152. The van der Waals surface area contributed by atoms with Crippen molar-refractivity contribution in [3.05, 3.63) is 53.6 Å². The van der Waals surface area contributed by atoms with E-state index in [1.54, 1.807) is 6.20 Å². The van der Waals surface area contributed by atoms with Crippen LogP contribution in [0.1, 0.15) is 34.7 Å². The van der Waals surface area contributed by atoms with Gasteiger partial charge in [-0.1, -0.05) is 30.3 Å². The zero-order chi connectivity index (χ0) is 19.1. The van der Waals surface area contributed by atoms with Crippen molar-refractivity contribution in [1.29, 1.82) is 0 Å². The largest absolute Gasteiger partial charge is 0.370 e. The number of carbonyl (C=O) groups excluding carboxylic acids is 1. The number of likely N-dealkylation sites (tertiary alicyclic amines) is 1. The molecule has 1 spiro atoms. The standard InChI is InChI=1S/C22H28N4O2/c1-15-23-12-19(25-15)21(27)24-11-17-18-13-26(10-8-16-5-3-2-4-6-16)14-22(18)9-7-20(17)28-22/h2-6,12,17-18,20H,7-11,13-14H2,1H3,(H,23,25)(H,24,27)/t17-,18+,20+,22+/m0/s1. The highest BCUT2D eigenvalue weighted by molar-refractivity contribution is 5.92. The molecule has 0 radical (unpaired) electrons. The smallest absolute Gasteiger partial charge is 0.269 e. The SMILES string of the molecule is Cc1ncc(C(=O)NC[C@H]2[C@H]3CN(CCc4ccccc4)C[C@]34CC[C@H]2O4)[nH]1. The second-order valence-electron chi connectivity index (χ2n) is 8.59. The molecule has 28 heavy (non-hydrogen) atoms. The minimum Gasteiger partial charge on any atom is -0.370 e. The summed E-state index contributed by atoms with van der Waals surface area (Å²) in [6, 6.07) is 10.7. The predicted octanol–water partition coefficient (Wildman–Crippen LogP) is 2.17. The van der Waals surface area contributed by atoms with Gasteiger partial charge in [-0.25, -0.2) is 4.98 Å². The summed E-state index contributed by atoms with van der Waals surface area (Å²) in [6.07, 6.45) is 5.25. The number of aromatic amines is 1. The number of fused-ring (bicyclic) bond motifs is 1. The monoisotopic (exact) mass is 380 g/mol. The number of nitrogens with zero attached hydrogens (tertiary/aromatic N) is 2. The van der Waals surface area contributed by atoms with Gasteiger partial charge in [-0.3, -0.25) is 9.69 Å². The van der Waals surface area contributed by atoms with Crippen LogP contribution in [0.15, 0.2) is 36.5 Å². The molecule has 3 aliphatic rings. The van der Waals surface area contributed by atoms with E-state index in [9.17, 15) is 4.79 Å². The van der Waals surface area contributed by atoms with Crippen molar-refractivity contribution in [1.82, 2.24) is 20.2 Å². The Bertz CT molecular complexity index is 851. The lowest BCUT2D eigenvalue weighted by molar-refractivity contribution is 0.00285. The predicted molar refractivity (Wildman–Crippen MR) is 106 cm³/mol. The van der Waals surface area contributed by atoms with Crippen LogP contribution in [0.3, 0.4) is 0 Å². The van der Waals surface area contributed by atoms with Gasteiger partial charge in [-0.05, 0) is 31.7 Å². The molecule has 2 bridgehead atoms. The quantitative estimate of drug-likeness (QED) is 0.806. The van der Waals surface area contributed by atoms with Gasteiger partial charge >= 0.3 is 0 Å².